The Bertz CT molecular complexity index is 295. The summed E-state index contributed by atoms with van der Waals surface area (Å²) in [7, 11) is 0. The molecule has 13 heavy (non-hydrogen) atoms. The van der Waals surface area contributed by atoms with E-state index in [1.165, 1.54) is 0 Å². The van der Waals surface area contributed by atoms with Crippen molar-refractivity contribution in [2.75, 3.05) is 13.2 Å². The molecule has 1 aromatic carbocycles. The average molecular weight is 177 g/mol. The zero-order chi connectivity index (χ0) is 8.93. The molecule has 0 N–H and O–H groups in total. The fourth-order valence-corrected chi connectivity index (χ4v) is 1.13. The minimum absolute atomic E-state index is 0.532. The van der Waals surface area contributed by atoms with Crippen molar-refractivity contribution in [2.45, 2.75) is 6.42 Å². The van der Waals surface area contributed by atoms with Crippen molar-refractivity contribution in [1.29, 1.82) is 0 Å². The smallest absolute Gasteiger partial charge is 0.130 e. The van der Waals surface area contributed by atoms with Gasteiger partial charge in [0.05, 0.1) is 5.71 Å². The molecule has 0 amide bonds. The molecular formula is C10H11NO2. The highest BCUT2D eigenvalue weighted by molar-refractivity contribution is 5.86. The van der Waals surface area contributed by atoms with Crippen LogP contribution in [-0.2, 0) is 4.84 Å². The fraction of sp³-hybridized carbons (Fsp3) is 0.300. The first kappa shape index (κ1) is 8.10. The van der Waals surface area contributed by atoms with Crippen molar-refractivity contribution >= 4 is 5.71 Å². The number of para-hydroxylation sites is 1. The molecule has 3 nitrogen and oxygen atoms in total. The monoisotopic (exact) mass is 177 g/mol. The van der Waals surface area contributed by atoms with Gasteiger partial charge in [-0.25, -0.2) is 0 Å². The molecule has 1 aliphatic rings. The number of benzene rings is 1. The fourth-order valence-electron chi connectivity index (χ4n) is 1.13. The van der Waals surface area contributed by atoms with Crippen LogP contribution in [0, 0.1) is 0 Å². The number of nitrogens with zero attached hydrogens (tertiary/aromatic N) is 1. The second kappa shape index (κ2) is 3.94. The molecule has 0 spiro atoms. The van der Waals surface area contributed by atoms with Gasteiger partial charge in [-0.1, -0.05) is 23.4 Å². The summed E-state index contributed by atoms with van der Waals surface area (Å²) in [4.78, 5) is 4.85. The van der Waals surface area contributed by atoms with Crippen molar-refractivity contribution in [1.82, 2.24) is 0 Å². The third kappa shape index (κ3) is 2.21. The van der Waals surface area contributed by atoms with E-state index in [1.54, 1.807) is 0 Å². The van der Waals surface area contributed by atoms with Gasteiger partial charge in [0.25, 0.3) is 0 Å². The lowest BCUT2D eigenvalue weighted by atomic mass is 10.3. The SMILES string of the molecule is c1ccc(OCC2=NOCC2)cc1. The first-order chi connectivity index (χ1) is 6.45. The molecule has 0 unspecified atom stereocenters. The largest absolute Gasteiger partial charge is 0.488 e. The third-order valence-corrected chi connectivity index (χ3v) is 1.82. The summed E-state index contributed by atoms with van der Waals surface area (Å²) in [6.45, 7) is 1.22. The normalized spacial score (nSPS) is 14.9. The molecule has 0 saturated carbocycles. The van der Waals surface area contributed by atoms with Gasteiger partial charge < -0.3 is 9.57 Å². The van der Waals surface area contributed by atoms with Crippen LogP contribution in [0.25, 0.3) is 0 Å². The van der Waals surface area contributed by atoms with E-state index in [2.05, 4.69) is 5.16 Å². The highest BCUT2D eigenvalue weighted by Crippen LogP contribution is 2.09. The second-order valence-corrected chi connectivity index (χ2v) is 2.84. The van der Waals surface area contributed by atoms with Crippen LogP contribution in [0.15, 0.2) is 35.5 Å². The summed E-state index contributed by atoms with van der Waals surface area (Å²) in [5, 5.41) is 3.84. The van der Waals surface area contributed by atoms with Gasteiger partial charge in [0.15, 0.2) is 0 Å². The maximum atomic E-state index is 5.48. The molecular weight excluding hydrogens is 166 g/mol. The lowest BCUT2D eigenvalue weighted by molar-refractivity contribution is 0.173. The Morgan fingerprint density at radius 3 is 2.85 bits per heavy atom. The number of hydrogen-bond donors (Lipinski definition) is 0. The number of rotatable bonds is 3. The van der Waals surface area contributed by atoms with Gasteiger partial charge >= 0.3 is 0 Å². The summed E-state index contributed by atoms with van der Waals surface area (Å²) in [6, 6.07) is 9.71. The molecule has 0 radical (unpaired) electrons. The van der Waals surface area contributed by atoms with E-state index in [9.17, 15) is 0 Å². The molecule has 0 saturated heterocycles. The van der Waals surface area contributed by atoms with E-state index in [4.69, 9.17) is 9.57 Å². The number of oxime groups is 1. The third-order valence-electron chi connectivity index (χ3n) is 1.82. The van der Waals surface area contributed by atoms with E-state index in [1.807, 2.05) is 30.3 Å². The molecule has 2 rings (SSSR count). The molecule has 0 aromatic heterocycles. The zero-order valence-electron chi connectivity index (χ0n) is 7.27. The van der Waals surface area contributed by atoms with Crippen molar-refractivity contribution in [3.05, 3.63) is 30.3 Å². The molecule has 0 bridgehead atoms. The van der Waals surface area contributed by atoms with Gasteiger partial charge in [-0.2, -0.15) is 0 Å². The minimum atomic E-state index is 0.532. The summed E-state index contributed by atoms with van der Waals surface area (Å²) < 4.78 is 5.48. The lowest BCUT2D eigenvalue weighted by Gasteiger charge is -2.03. The molecule has 0 fully saturated rings. The molecule has 0 aliphatic carbocycles. The highest BCUT2D eigenvalue weighted by Gasteiger charge is 2.07. The van der Waals surface area contributed by atoms with Crippen molar-refractivity contribution in [2.24, 2.45) is 5.16 Å². The van der Waals surface area contributed by atoms with Gasteiger partial charge in [0.2, 0.25) is 0 Å². The van der Waals surface area contributed by atoms with Crippen molar-refractivity contribution in [3.8, 4) is 5.75 Å². The Labute approximate surface area is 77.0 Å². The predicted octanol–water partition coefficient (Wildman–Crippen LogP) is 1.84. The standard InChI is InChI=1S/C10H11NO2/c1-2-4-10(5-3-1)12-8-9-6-7-13-11-9/h1-5H,6-8H2. The zero-order valence-corrected chi connectivity index (χ0v) is 7.27. The molecule has 0 atom stereocenters. The summed E-state index contributed by atoms with van der Waals surface area (Å²) in [6.07, 6.45) is 0.882. The van der Waals surface area contributed by atoms with Crippen molar-refractivity contribution in [3.63, 3.8) is 0 Å². The number of hydrogen-bond acceptors (Lipinski definition) is 3. The predicted molar refractivity (Wildman–Crippen MR) is 49.9 cm³/mol. The first-order valence-corrected chi connectivity index (χ1v) is 4.31. The van der Waals surface area contributed by atoms with E-state index in [0.717, 1.165) is 17.9 Å². The molecule has 1 aliphatic heterocycles. The molecule has 3 heteroatoms. The van der Waals surface area contributed by atoms with Crippen LogP contribution in [0.4, 0.5) is 0 Å². The van der Waals surface area contributed by atoms with Gasteiger partial charge in [-0.05, 0) is 12.1 Å². The maximum Gasteiger partial charge on any atom is 0.130 e. The van der Waals surface area contributed by atoms with E-state index in [-0.39, 0.29) is 0 Å². The molecule has 68 valence electrons. The van der Waals surface area contributed by atoms with Gasteiger partial charge in [0.1, 0.15) is 19.0 Å². The summed E-state index contributed by atoms with van der Waals surface area (Å²) in [5.41, 5.74) is 0.976. The van der Waals surface area contributed by atoms with E-state index < -0.39 is 0 Å². The Morgan fingerprint density at radius 2 is 2.15 bits per heavy atom. The van der Waals surface area contributed by atoms with Crippen LogP contribution in [-0.4, -0.2) is 18.9 Å². The summed E-state index contributed by atoms with van der Waals surface area (Å²) in [5.74, 6) is 0.872. The molecule has 1 aromatic rings. The Balaban J connectivity index is 1.86. The quantitative estimate of drug-likeness (QED) is 0.705. The first-order valence-electron chi connectivity index (χ1n) is 4.31. The van der Waals surface area contributed by atoms with Crippen LogP contribution in [0.5, 0.6) is 5.75 Å². The van der Waals surface area contributed by atoms with Gasteiger partial charge in [-0.15, -0.1) is 0 Å². The second-order valence-electron chi connectivity index (χ2n) is 2.84. The lowest BCUT2D eigenvalue weighted by Crippen LogP contribution is -2.08. The minimum Gasteiger partial charge on any atom is -0.488 e. The highest BCUT2D eigenvalue weighted by atomic mass is 16.6. The van der Waals surface area contributed by atoms with Crippen LogP contribution in [0.2, 0.25) is 0 Å². The van der Waals surface area contributed by atoms with E-state index in [0.29, 0.717) is 13.2 Å². The van der Waals surface area contributed by atoms with Crippen LogP contribution >= 0.6 is 0 Å². The van der Waals surface area contributed by atoms with Gasteiger partial charge in [-0.3, -0.25) is 0 Å². The average Bonchev–Trinajstić information content (AvgIpc) is 2.69. The van der Waals surface area contributed by atoms with Crippen molar-refractivity contribution < 1.29 is 9.57 Å². The van der Waals surface area contributed by atoms with Crippen LogP contribution in [0.3, 0.4) is 0 Å². The topological polar surface area (TPSA) is 30.8 Å². The maximum absolute atomic E-state index is 5.48. The van der Waals surface area contributed by atoms with E-state index >= 15 is 0 Å². The van der Waals surface area contributed by atoms with Crippen LogP contribution in [0.1, 0.15) is 6.42 Å². The molecule has 1 heterocycles. The Kier molecular flexibility index (Phi) is 2.45. The van der Waals surface area contributed by atoms with Crippen LogP contribution < -0.4 is 4.74 Å². The summed E-state index contributed by atoms with van der Waals surface area (Å²) >= 11 is 0. The van der Waals surface area contributed by atoms with Gasteiger partial charge in [0, 0.05) is 6.42 Å². The Morgan fingerprint density at radius 1 is 1.31 bits per heavy atom. The number of ether oxygens (including phenoxy) is 1. The Hall–Kier alpha value is -1.51.